The lowest BCUT2D eigenvalue weighted by Crippen LogP contribution is -2.34. The van der Waals surface area contributed by atoms with Crippen molar-refractivity contribution < 1.29 is 18.1 Å². The Morgan fingerprint density at radius 2 is 1.83 bits per heavy atom. The summed E-state index contributed by atoms with van der Waals surface area (Å²) in [6.45, 7) is 0. The minimum atomic E-state index is -3.88. The summed E-state index contributed by atoms with van der Waals surface area (Å²) in [6.07, 6.45) is 0.804. The van der Waals surface area contributed by atoms with Crippen LogP contribution in [-0.4, -0.2) is 28.5 Å². The summed E-state index contributed by atoms with van der Waals surface area (Å²) in [5, 5.41) is 10.4. The average Bonchev–Trinajstić information content (AvgIpc) is 2.26. The number of sulfone groups is 1. The number of hydrogen-bond donors (Lipinski definition) is 0. The smallest absolute Gasteiger partial charge is 0.269 e. The molecule has 98 valence electrons. The molecule has 0 radical (unpaired) electrons. The molecule has 9 heteroatoms. The molecule has 1 aromatic carbocycles. The SMILES string of the molecule is CS(=O)(=O)[C@@](Cl)(Br)C(=O)c1ccc([N+](=O)[O-])cc1. The highest BCUT2D eigenvalue weighted by Crippen LogP contribution is 2.34. The van der Waals surface area contributed by atoms with Gasteiger partial charge in [0, 0.05) is 24.0 Å². The summed E-state index contributed by atoms with van der Waals surface area (Å²) in [5.74, 6) is -0.901. The van der Waals surface area contributed by atoms with Gasteiger partial charge in [0.15, 0.2) is 9.84 Å². The lowest BCUT2D eigenvalue weighted by Gasteiger charge is -2.16. The van der Waals surface area contributed by atoms with Crippen LogP contribution in [-0.2, 0) is 9.84 Å². The zero-order valence-corrected chi connectivity index (χ0v) is 12.1. The lowest BCUT2D eigenvalue weighted by atomic mass is 10.1. The highest BCUT2D eigenvalue weighted by molar-refractivity contribution is 9.12. The monoisotopic (exact) mass is 355 g/mol. The number of Topliss-reactive ketones (excluding diaryl/α,β-unsaturated/α-hetero) is 1. The molecule has 0 aliphatic heterocycles. The van der Waals surface area contributed by atoms with Crippen molar-refractivity contribution in [1.29, 1.82) is 0 Å². The normalized spacial score (nSPS) is 14.8. The molecule has 18 heavy (non-hydrogen) atoms. The van der Waals surface area contributed by atoms with Gasteiger partial charge in [0.2, 0.25) is 5.78 Å². The highest BCUT2D eigenvalue weighted by Gasteiger charge is 2.44. The predicted molar refractivity (Wildman–Crippen MR) is 69.8 cm³/mol. The fraction of sp³-hybridized carbons (Fsp3) is 0.222. The first-order chi connectivity index (χ1) is 8.07. The summed E-state index contributed by atoms with van der Waals surface area (Å²) in [7, 11) is -3.88. The van der Waals surface area contributed by atoms with E-state index in [2.05, 4.69) is 15.9 Å². The zero-order chi connectivity index (χ0) is 14.1. The second-order valence-electron chi connectivity index (χ2n) is 3.42. The van der Waals surface area contributed by atoms with Crippen LogP contribution in [0.1, 0.15) is 10.4 Å². The molecule has 0 heterocycles. The number of benzene rings is 1. The Balaban J connectivity index is 3.17. The predicted octanol–water partition coefficient (Wildman–Crippen LogP) is 2.11. The second-order valence-corrected chi connectivity index (χ2v) is 8.54. The third-order valence-corrected chi connectivity index (χ3v) is 6.32. The number of halogens is 2. The van der Waals surface area contributed by atoms with Gasteiger partial charge in [0.05, 0.1) is 4.92 Å². The number of non-ortho nitro benzene ring substituents is 1. The Kier molecular flexibility index (Phi) is 4.14. The molecule has 0 bridgehead atoms. The maximum atomic E-state index is 11.9. The molecule has 0 N–H and O–H groups in total. The molecule has 0 aromatic heterocycles. The number of rotatable bonds is 4. The third-order valence-electron chi connectivity index (χ3n) is 2.07. The number of alkyl halides is 2. The molecule has 1 atom stereocenters. The molecule has 6 nitrogen and oxygen atoms in total. The van der Waals surface area contributed by atoms with Gasteiger partial charge in [0.1, 0.15) is 0 Å². The molecule has 1 aromatic rings. The van der Waals surface area contributed by atoms with Gasteiger partial charge in [-0.25, -0.2) is 8.42 Å². The van der Waals surface area contributed by atoms with Crippen molar-refractivity contribution in [3.63, 3.8) is 0 Å². The van der Waals surface area contributed by atoms with E-state index in [1.54, 1.807) is 0 Å². The fourth-order valence-electron chi connectivity index (χ4n) is 1.07. The van der Waals surface area contributed by atoms with Crippen molar-refractivity contribution in [3.8, 4) is 0 Å². The molecular weight excluding hydrogens is 350 g/mol. The zero-order valence-electron chi connectivity index (χ0n) is 8.96. The Labute approximate surface area is 116 Å². The molecule has 0 saturated heterocycles. The van der Waals surface area contributed by atoms with Gasteiger partial charge in [-0.2, -0.15) is 0 Å². The van der Waals surface area contributed by atoms with Crippen molar-refractivity contribution in [3.05, 3.63) is 39.9 Å². The Hall–Kier alpha value is -0.990. The van der Waals surface area contributed by atoms with Gasteiger partial charge < -0.3 is 0 Å². The van der Waals surface area contributed by atoms with Crippen LogP contribution in [0, 0.1) is 10.1 Å². The molecule has 0 unspecified atom stereocenters. The Bertz CT molecular complexity index is 596. The Morgan fingerprint density at radius 1 is 1.39 bits per heavy atom. The summed E-state index contributed by atoms with van der Waals surface area (Å²) >= 11 is 8.29. The number of carbonyl (C=O) groups is 1. The summed E-state index contributed by atoms with van der Waals surface area (Å²) in [6, 6.07) is 4.47. The second kappa shape index (κ2) is 4.94. The first-order valence-electron chi connectivity index (χ1n) is 4.44. The van der Waals surface area contributed by atoms with E-state index in [1.165, 1.54) is 0 Å². The van der Waals surface area contributed by atoms with E-state index in [0.29, 0.717) is 0 Å². The number of nitro benzene ring substituents is 1. The van der Waals surface area contributed by atoms with E-state index in [0.717, 1.165) is 30.5 Å². The summed E-state index contributed by atoms with van der Waals surface area (Å²) < 4.78 is 20.4. The first kappa shape index (κ1) is 15.1. The fourth-order valence-corrected chi connectivity index (χ4v) is 1.86. The van der Waals surface area contributed by atoms with Gasteiger partial charge in [-0.3, -0.25) is 14.9 Å². The number of nitrogens with zero attached hydrogens (tertiary/aromatic N) is 1. The van der Waals surface area contributed by atoms with Crippen LogP contribution < -0.4 is 0 Å². The van der Waals surface area contributed by atoms with Crippen LogP contribution in [0.3, 0.4) is 0 Å². The number of ketones is 1. The minimum Gasteiger partial charge on any atom is -0.290 e. The van der Waals surface area contributed by atoms with E-state index in [1.807, 2.05) is 0 Å². The van der Waals surface area contributed by atoms with E-state index >= 15 is 0 Å². The van der Waals surface area contributed by atoms with E-state index in [4.69, 9.17) is 11.6 Å². The quantitative estimate of drug-likeness (QED) is 0.356. The molecule has 0 aliphatic rings. The highest BCUT2D eigenvalue weighted by atomic mass is 79.9. The van der Waals surface area contributed by atoms with Gasteiger partial charge in [0.25, 0.3) is 8.80 Å². The van der Waals surface area contributed by atoms with E-state index in [-0.39, 0.29) is 11.3 Å². The van der Waals surface area contributed by atoms with Gasteiger partial charge in [-0.15, -0.1) is 0 Å². The molecule has 0 spiro atoms. The van der Waals surface area contributed by atoms with Crippen LogP contribution in [0.5, 0.6) is 0 Å². The maximum absolute atomic E-state index is 11.9. The summed E-state index contributed by atoms with van der Waals surface area (Å²) in [4.78, 5) is 21.7. The van der Waals surface area contributed by atoms with E-state index < -0.39 is 23.7 Å². The lowest BCUT2D eigenvalue weighted by molar-refractivity contribution is -0.384. The van der Waals surface area contributed by atoms with Crippen LogP contribution in [0.15, 0.2) is 24.3 Å². The van der Waals surface area contributed by atoms with E-state index in [9.17, 15) is 23.3 Å². The molecule has 0 amide bonds. The van der Waals surface area contributed by atoms with Gasteiger partial charge >= 0.3 is 0 Å². The number of carbonyl (C=O) groups excluding carboxylic acids is 1. The Morgan fingerprint density at radius 3 is 2.17 bits per heavy atom. The first-order valence-corrected chi connectivity index (χ1v) is 7.50. The van der Waals surface area contributed by atoms with Crippen molar-refractivity contribution in [2.75, 3.05) is 6.26 Å². The molecule has 1 rings (SSSR count). The molecule has 0 fully saturated rings. The van der Waals surface area contributed by atoms with Gasteiger partial charge in [-0.1, -0.05) is 11.6 Å². The van der Waals surface area contributed by atoms with Crippen LogP contribution in [0.2, 0.25) is 0 Å². The minimum absolute atomic E-state index is 0.0436. The largest absolute Gasteiger partial charge is 0.290 e. The van der Waals surface area contributed by atoms with Crippen molar-refractivity contribution in [2.24, 2.45) is 0 Å². The molecular formula is C9H7BrClNO5S. The third kappa shape index (κ3) is 2.88. The van der Waals surface area contributed by atoms with Crippen molar-refractivity contribution >= 4 is 48.8 Å². The van der Waals surface area contributed by atoms with Crippen LogP contribution in [0.4, 0.5) is 5.69 Å². The summed E-state index contributed by atoms with van der Waals surface area (Å²) in [5.41, 5.74) is -0.251. The average molecular weight is 357 g/mol. The van der Waals surface area contributed by atoms with Gasteiger partial charge in [-0.05, 0) is 28.1 Å². The standard InChI is InChI=1S/C9H7BrClNO5S/c1-18(16,17)9(10,11)8(13)6-2-4-7(5-3-6)12(14)15/h2-5H,1H3/t9-/m1/s1. The van der Waals surface area contributed by atoms with Crippen molar-refractivity contribution in [2.45, 2.75) is 3.12 Å². The number of hydrogen-bond acceptors (Lipinski definition) is 5. The maximum Gasteiger partial charge on any atom is 0.269 e. The van der Waals surface area contributed by atoms with Crippen molar-refractivity contribution in [1.82, 2.24) is 0 Å². The molecule has 0 aliphatic carbocycles. The number of nitro groups is 1. The van der Waals surface area contributed by atoms with Crippen LogP contribution >= 0.6 is 27.5 Å². The molecule has 0 saturated carbocycles. The van der Waals surface area contributed by atoms with Crippen LogP contribution in [0.25, 0.3) is 0 Å². The topological polar surface area (TPSA) is 94.3 Å².